The number of alkyl halides is 3. The van der Waals surface area contributed by atoms with Gasteiger partial charge in [-0.1, -0.05) is 6.07 Å². The van der Waals surface area contributed by atoms with Gasteiger partial charge >= 0.3 is 12.1 Å². The Kier molecular flexibility index (Phi) is 6.44. The molecule has 0 saturated carbocycles. The zero-order chi connectivity index (χ0) is 24.3. The molecule has 2 heterocycles. The second kappa shape index (κ2) is 9.46. The Morgan fingerprint density at radius 2 is 1.85 bits per heavy atom. The van der Waals surface area contributed by atoms with E-state index in [2.05, 4.69) is 10.4 Å². The van der Waals surface area contributed by atoms with Crippen LogP contribution in [0.3, 0.4) is 0 Å². The van der Waals surface area contributed by atoms with Crippen LogP contribution >= 0.6 is 0 Å². The molecule has 1 N–H and O–H groups in total. The van der Waals surface area contributed by atoms with Crippen LogP contribution in [-0.2, 0) is 17.3 Å². The number of carbonyl (C=O) groups excluding carboxylic acids is 2. The molecule has 4 rings (SSSR count). The van der Waals surface area contributed by atoms with Gasteiger partial charge < -0.3 is 19.5 Å². The molecule has 0 saturated heterocycles. The topological polar surface area (TPSA) is 91.7 Å². The summed E-state index contributed by atoms with van der Waals surface area (Å²) >= 11 is 0. The van der Waals surface area contributed by atoms with Crippen molar-refractivity contribution >= 4 is 11.9 Å². The molecule has 0 bridgehead atoms. The first kappa shape index (κ1) is 23.1. The minimum Gasteiger partial charge on any atom is -0.462 e. The maximum absolute atomic E-state index is 13.6. The Bertz CT molecular complexity index is 1210. The second-order valence-electron chi connectivity index (χ2n) is 7.28. The summed E-state index contributed by atoms with van der Waals surface area (Å²) in [5.41, 5.74) is -0.664. The van der Waals surface area contributed by atoms with Gasteiger partial charge in [0.1, 0.15) is 5.56 Å². The highest BCUT2D eigenvalue weighted by atomic mass is 19.4. The summed E-state index contributed by atoms with van der Waals surface area (Å²) in [4.78, 5) is 24.4. The molecule has 178 valence electrons. The molecule has 1 aliphatic rings. The lowest BCUT2D eigenvalue weighted by atomic mass is 10.1. The van der Waals surface area contributed by atoms with Crippen molar-refractivity contribution in [2.24, 2.45) is 0 Å². The highest BCUT2D eigenvalue weighted by Crippen LogP contribution is 2.34. The lowest BCUT2D eigenvalue weighted by Gasteiger charge is -2.13. The number of hydrogen-bond donors (Lipinski definition) is 1. The van der Waals surface area contributed by atoms with Crippen LogP contribution < -0.4 is 14.8 Å². The highest BCUT2D eigenvalue weighted by molar-refractivity contribution is 5.94. The van der Waals surface area contributed by atoms with Crippen molar-refractivity contribution in [2.75, 3.05) is 19.9 Å². The van der Waals surface area contributed by atoms with Crippen LogP contribution in [0.1, 0.15) is 38.9 Å². The van der Waals surface area contributed by atoms with Crippen LogP contribution in [0.25, 0.3) is 5.69 Å². The van der Waals surface area contributed by atoms with Crippen LogP contribution in [0, 0.1) is 0 Å². The molecule has 1 aliphatic heterocycles. The normalized spacial score (nSPS) is 12.5. The van der Waals surface area contributed by atoms with Crippen molar-refractivity contribution in [3.05, 3.63) is 71.0 Å². The van der Waals surface area contributed by atoms with E-state index < -0.39 is 23.4 Å². The molecule has 0 spiro atoms. The van der Waals surface area contributed by atoms with Crippen LogP contribution in [0.15, 0.2) is 48.7 Å². The van der Waals surface area contributed by atoms with Crippen molar-refractivity contribution in [1.29, 1.82) is 0 Å². The number of ether oxygens (including phenoxy) is 3. The smallest absolute Gasteiger partial charge is 0.434 e. The summed E-state index contributed by atoms with van der Waals surface area (Å²) in [6, 6.07) is 10.9. The minimum absolute atomic E-state index is 0.0415. The predicted octanol–water partition coefficient (Wildman–Crippen LogP) is 3.77. The van der Waals surface area contributed by atoms with Gasteiger partial charge in [0, 0.05) is 12.1 Å². The lowest BCUT2D eigenvalue weighted by molar-refractivity contribution is -0.143. The SMILES string of the molecule is CCOC(=O)c1cnn(-c2ccc(C(=O)NCCc3ccc4c(c3)OCO4)cc2)c1C(F)(F)F. The van der Waals surface area contributed by atoms with Gasteiger partial charge in [0.25, 0.3) is 5.91 Å². The van der Waals surface area contributed by atoms with Gasteiger partial charge in [0.05, 0.1) is 18.5 Å². The number of amides is 1. The highest BCUT2D eigenvalue weighted by Gasteiger charge is 2.41. The molecule has 8 nitrogen and oxygen atoms in total. The van der Waals surface area contributed by atoms with Crippen molar-refractivity contribution in [1.82, 2.24) is 15.1 Å². The number of nitrogens with zero attached hydrogens (tertiary/aromatic N) is 2. The summed E-state index contributed by atoms with van der Waals surface area (Å²) < 4.78 is 56.8. The molecule has 34 heavy (non-hydrogen) atoms. The largest absolute Gasteiger partial charge is 0.462 e. The number of fused-ring (bicyclic) bond motifs is 1. The Hall–Kier alpha value is -4.02. The summed E-state index contributed by atoms with van der Waals surface area (Å²) in [6.45, 7) is 1.95. The summed E-state index contributed by atoms with van der Waals surface area (Å²) in [6.07, 6.45) is -3.47. The van der Waals surface area contributed by atoms with E-state index in [4.69, 9.17) is 14.2 Å². The van der Waals surface area contributed by atoms with Crippen molar-refractivity contribution < 1.29 is 37.0 Å². The fourth-order valence-electron chi connectivity index (χ4n) is 3.45. The van der Waals surface area contributed by atoms with Crippen LogP contribution in [-0.4, -0.2) is 41.6 Å². The minimum atomic E-state index is -4.84. The van der Waals surface area contributed by atoms with Crippen molar-refractivity contribution in [2.45, 2.75) is 19.5 Å². The molecule has 3 aromatic rings. The van der Waals surface area contributed by atoms with Crippen molar-refractivity contribution in [3.8, 4) is 17.2 Å². The van der Waals surface area contributed by atoms with E-state index in [0.29, 0.717) is 29.1 Å². The van der Waals surface area contributed by atoms with Gasteiger partial charge in [0.2, 0.25) is 6.79 Å². The van der Waals surface area contributed by atoms with Gasteiger partial charge in [-0.25, -0.2) is 9.48 Å². The molecule has 0 radical (unpaired) electrons. The number of halogens is 3. The maximum Gasteiger partial charge on any atom is 0.434 e. The molecule has 2 aromatic carbocycles. The third-order valence-electron chi connectivity index (χ3n) is 5.04. The van der Waals surface area contributed by atoms with Gasteiger partial charge in [0.15, 0.2) is 17.2 Å². The molecule has 0 aliphatic carbocycles. The Morgan fingerprint density at radius 3 is 2.56 bits per heavy atom. The standard InChI is InChI=1S/C23H20F3N3O5/c1-2-32-22(31)17-12-28-29(20(17)23(24,25)26)16-6-4-15(5-7-16)21(30)27-10-9-14-3-8-18-19(11-14)34-13-33-18/h3-8,11-12H,2,9-10,13H2,1H3,(H,27,30). The molecular weight excluding hydrogens is 455 g/mol. The van der Waals surface area contributed by atoms with E-state index in [9.17, 15) is 22.8 Å². The van der Waals surface area contributed by atoms with E-state index >= 15 is 0 Å². The fourth-order valence-corrected chi connectivity index (χ4v) is 3.45. The van der Waals surface area contributed by atoms with Crippen LogP contribution in [0.2, 0.25) is 0 Å². The van der Waals surface area contributed by atoms with Gasteiger partial charge in [-0.2, -0.15) is 18.3 Å². The first-order valence-electron chi connectivity index (χ1n) is 10.4. The zero-order valence-electron chi connectivity index (χ0n) is 18.0. The van der Waals surface area contributed by atoms with Gasteiger partial charge in [-0.05, 0) is 55.3 Å². The van der Waals surface area contributed by atoms with E-state index in [0.717, 1.165) is 11.8 Å². The summed E-state index contributed by atoms with van der Waals surface area (Å²) in [7, 11) is 0. The van der Waals surface area contributed by atoms with Crippen LogP contribution in [0.4, 0.5) is 13.2 Å². The van der Waals surface area contributed by atoms with E-state index in [1.807, 2.05) is 12.1 Å². The predicted molar refractivity (Wildman–Crippen MR) is 113 cm³/mol. The molecule has 0 unspecified atom stereocenters. The molecule has 0 fully saturated rings. The average Bonchev–Trinajstić information content (AvgIpc) is 3.46. The average molecular weight is 475 g/mol. The quantitative estimate of drug-likeness (QED) is 0.523. The first-order chi connectivity index (χ1) is 16.3. The Labute approximate surface area is 192 Å². The number of aromatic nitrogens is 2. The molecular formula is C23H20F3N3O5. The summed E-state index contributed by atoms with van der Waals surface area (Å²) in [5.74, 6) is -0.161. The zero-order valence-corrected chi connectivity index (χ0v) is 18.0. The van der Waals surface area contributed by atoms with Crippen LogP contribution in [0.5, 0.6) is 11.5 Å². The van der Waals surface area contributed by atoms with Gasteiger partial charge in [-0.15, -0.1) is 0 Å². The molecule has 1 aromatic heterocycles. The number of carbonyl (C=O) groups is 2. The number of nitrogens with one attached hydrogen (secondary N) is 1. The number of benzene rings is 2. The van der Waals surface area contributed by atoms with Gasteiger partial charge in [-0.3, -0.25) is 4.79 Å². The van der Waals surface area contributed by atoms with E-state index in [-0.39, 0.29) is 30.6 Å². The molecule has 1 amide bonds. The Morgan fingerprint density at radius 1 is 1.12 bits per heavy atom. The lowest BCUT2D eigenvalue weighted by Crippen LogP contribution is -2.25. The maximum atomic E-state index is 13.6. The first-order valence-corrected chi connectivity index (χ1v) is 10.4. The fraction of sp³-hybridized carbons (Fsp3) is 0.261. The monoisotopic (exact) mass is 475 g/mol. The molecule has 11 heteroatoms. The van der Waals surface area contributed by atoms with Crippen molar-refractivity contribution in [3.63, 3.8) is 0 Å². The second-order valence-corrected chi connectivity index (χ2v) is 7.28. The van der Waals surface area contributed by atoms with E-state index in [1.165, 1.54) is 31.2 Å². The summed E-state index contributed by atoms with van der Waals surface area (Å²) in [5, 5.41) is 6.48. The Balaban J connectivity index is 1.43. The number of esters is 1. The third kappa shape index (κ3) is 4.82. The number of hydrogen-bond acceptors (Lipinski definition) is 6. The number of rotatable bonds is 7. The third-order valence-corrected chi connectivity index (χ3v) is 5.04. The van der Waals surface area contributed by atoms with E-state index in [1.54, 1.807) is 6.07 Å². The molecule has 0 atom stereocenters.